The standard InChI is InChI=1S/C15H21NO/c1-14(2,3)12-8-6-7-9-13(12)17-15(4,5)10-11-16/h6-9H,10H2,1-5H3. The van der Waals surface area contributed by atoms with Gasteiger partial charge in [0.1, 0.15) is 11.4 Å². The van der Waals surface area contributed by atoms with E-state index in [0.29, 0.717) is 6.42 Å². The topological polar surface area (TPSA) is 33.0 Å². The monoisotopic (exact) mass is 231 g/mol. The molecule has 17 heavy (non-hydrogen) atoms. The van der Waals surface area contributed by atoms with Crippen LogP contribution in [-0.2, 0) is 5.41 Å². The smallest absolute Gasteiger partial charge is 0.123 e. The van der Waals surface area contributed by atoms with E-state index in [0.717, 1.165) is 5.75 Å². The van der Waals surface area contributed by atoms with Gasteiger partial charge in [-0.25, -0.2) is 0 Å². The third-order valence-corrected chi connectivity index (χ3v) is 2.59. The largest absolute Gasteiger partial charge is 0.486 e. The Hall–Kier alpha value is -1.49. The summed E-state index contributed by atoms with van der Waals surface area (Å²) in [5.41, 5.74) is 0.765. The first-order valence-corrected chi connectivity index (χ1v) is 5.92. The van der Waals surface area contributed by atoms with Crippen molar-refractivity contribution in [2.75, 3.05) is 0 Å². The fraction of sp³-hybridized carbons (Fsp3) is 0.533. The molecule has 0 N–H and O–H groups in total. The number of nitrogens with zero attached hydrogens (tertiary/aromatic N) is 1. The molecule has 0 radical (unpaired) electrons. The number of benzene rings is 1. The lowest BCUT2D eigenvalue weighted by Gasteiger charge is -2.29. The number of hydrogen-bond acceptors (Lipinski definition) is 2. The molecule has 2 nitrogen and oxygen atoms in total. The maximum absolute atomic E-state index is 8.78. The van der Waals surface area contributed by atoms with Gasteiger partial charge < -0.3 is 4.74 Å². The lowest BCUT2D eigenvalue weighted by molar-refractivity contribution is 0.112. The zero-order valence-electron chi connectivity index (χ0n) is 11.4. The summed E-state index contributed by atoms with van der Waals surface area (Å²) in [6, 6.07) is 10.2. The van der Waals surface area contributed by atoms with Crippen LogP contribution in [0.25, 0.3) is 0 Å². The molecule has 0 aliphatic rings. The van der Waals surface area contributed by atoms with E-state index in [-0.39, 0.29) is 5.41 Å². The molecule has 92 valence electrons. The van der Waals surface area contributed by atoms with E-state index in [1.807, 2.05) is 32.0 Å². The molecule has 0 heterocycles. The Bertz CT molecular complexity index is 421. The van der Waals surface area contributed by atoms with E-state index in [4.69, 9.17) is 10.00 Å². The van der Waals surface area contributed by atoms with Crippen molar-refractivity contribution in [1.82, 2.24) is 0 Å². The van der Waals surface area contributed by atoms with Gasteiger partial charge in [-0.05, 0) is 30.9 Å². The highest BCUT2D eigenvalue weighted by Crippen LogP contribution is 2.33. The normalized spacial score (nSPS) is 12.0. The van der Waals surface area contributed by atoms with Crippen LogP contribution in [0.1, 0.15) is 46.6 Å². The van der Waals surface area contributed by atoms with Gasteiger partial charge in [0.05, 0.1) is 12.5 Å². The predicted octanol–water partition coefficient (Wildman–Crippen LogP) is 4.06. The Morgan fingerprint density at radius 2 is 1.71 bits per heavy atom. The van der Waals surface area contributed by atoms with Crippen molar-refractivity contribution in [2.45, 2.75) is 52.1 Å². The maximum Gasteiger partial charge on any atom is 0.123 e. The molecule has 1 aromatic carbocycles. The van der Waals surface area contributed by atoms with Crippen LogP contribution in [0.3, 0.4) is 0 Å². The minimum atomic E-state index is -0.448. The Balaban J connectivity index is 3.04. The van der Waals surface area contributed by atoms with Crippen molar-refractivity contribution in [3.8, 4) is 11.8 Å². The lowest BCUT2D eigenvalue weighted by Crippen LogP contribution is -2.29. The molecule has 2 heteroatoms. The summed E-state index contributed by atoms with van der Waals surface area (Å²) >= 11 is 0. The maximum atomic E-state index is 8.78. The van der Waals surface area contributed by atoms with Crippen molar-refractivity contribution in [1.29, 1.82) is 5.26 Å². The molecule has 0 saturated heterocycles. The highest BCUT2D eigenvalue weighted by atomic mass is 16.5. The van der Waals surface area contributed by atoms with Gasteiger partial charge in [-0.2, -0.15) is 5.26 Å². The fourth-order valence-corrected chi connectivity index (χ4v) is 1.70. The summed E-state index contributed by atoms with van der Waals surface area (Å²) < 4.78 is 5.98. The SMILES string of the molecule is CC(C)(CC#N)Oc1ccccc1C(C)(C)C. The molecule has 0 fully saturated rings. The Morgan fingerprint density at radius 1 is 1.12 bits per heavy atom. The highest BCUT2D eigenvalue weighted by molar-refractivity contribution is 5.38. The third kappa shape index (κ3) is 3.78. The number of hydrogen-bond donors (Lipinski definition) is 0. The first-order chi connectivity index (χ1) is 7.76. The van der Waals surface area contributed by atoms with Crippen LogP contribution in [0.2, 0.25) is 0 Å². The Labute approximate surface area is 104 Å². The van der Waals surface area contributed by atoms with Gasteiger partial charge in [-0.1, -0.05) is 39.0 Å². The molecule has 0 bridgehead atoms. The molecular formula is C15H21NO. The molecule has 0 atom stereocenters. The molecule has 0 amide bonds. The molecule has 0 spiro atoms. The average molecular weight is 231 g/mol. The van der Waals surface area contributed by atoms with Crippen LogP contribution < -0.4 is 4.74 Å². The molecule has 0 aliphatic heterocycles. The second kappa shape index (κ2) is 4.79. The van der Waals surface area contributed by atoms with Crippen molar-refractivity contribution in [3.63, 3.8) is 0 Å². The van der Waals surface area contributed by atoms with Gasteiger partial charge in [0.2, 0.25) is 0 Å². The first-order valence-electron chi connectivity index (χ1n) is 5.92. The summed E-state index contributed by atoms with van der Waals surface area (Å²) in [6.45, 7) is 10.4. The molecule has 1 rings (SSSR count). The molecule has 0 unspecified atom stereocenters. The van der Waals surface area contributed by atoms with Crippen molar-refractivity contribution in [3.05, 3.63) is 29.8 Å². The van der Waals surface area contributed by atoms with Crippen LogP contribution in [0, 0.1) is 11.3 Å². The van der Waals surface area contributed by atoms with E-state index >= 15 is 0 Å². The number of rotatable bonds is 3. The van der Waals surface area contributed by atoms with E-state index in [9.17, 15) is 0 Å². The summed E-state index contributed by atoms with van der Waals surface area (Å²) in [4.78, 5) is 0. The van der Waals surface area contributed by atoms with Crippen LogP contribution in [0.15, 0.2) is 24.3 Å². The van der Waals surface area contributed by atoms with Gasteiger partial charge in [0, 0.05) is 0 Å². The van der Waals surface area contributed by atoms with Crippen LogP contribution in [-0.4, -0.2) is 5.60 Å². The van der Waals surface area contributed by atoms with E-state index < -0.39 is 5.60 Å². The minimum Gasteiger partial charge on any atom is -0.486 e. The summed E-state index contributed by atoms with van der Waals surface area (Å²) in [7, 11) is 0. The van der Waals surface area contributed by atoms with E-state index in [2.05, 4.69) is 32.9 Å². The van der Waals surface area contributed by atoms with E-state index in [1.54, 1.807) is 0 Å². The summed E-state index contributed by atoms with van der Waals surface area (Å²) in [5.74, 6) is 0.875. The molecule has 1 aromatic rings. The number of nitriles is 1. The van der Waals surface area contributed by atoms with Gasteiger partial charge >= 0.3 is 0 Å². The first kappa shape index (κ1) is 13.6. The second-order valence-corrected chi connectivity index (χ2v) is 5.94. The molecular weight excluding hydrogens is 210 g/mol. The Kier molecular flexibility index (Phi) is 3.83. The van der Waals surface area contributed by atoms with Gasteiger partial charge in [-0.3, -0.25) is 0 Å². The average Bonchev–Trinajstić information content (AvgIpc) is 2.15. The highest BCUT2D eigenvalue weighted by Gasteiger charge is 2.24. The van der Waals surface area contributed by atoms with Crippen LogP contribution in [0.5, 0.6) is 5.75 Å². The zero-order chi connectivity index (χ0) is 13.1. The molecule has 0 aromatic heterocycles. The fourth-order valence-electron chi connectivity index (χ4n) is 1.70. The van der Waals surface area contributed by atoms with Gasteiger partial charge in [0.15, 0.2) is 0 Å². The lowest BCUT2D eigenvalue weighted by atomic mass is 9.86. The third-order valence-electron chi connectivity index (χ3n) is 2.59. The molecule has 0 saturated carbocycles. The van der Waals surface area contributed by atoms with E-state index in [1.165, 1.54) is 5.56 Å². The van der Waals surface area contributed by atoms with Crippen molar-refractivity contribution < 1.29 is 4.74 Å². The zero-order valence-corrected chi connectivity index (χ0v) is 11.4. The predicted molar refractivity (Wildman–Crippen MR) is 70.1 cm³/mol. The van der Waals surface area contributed by atoms with Gasteiger partial charge in [0.25, 0.3) is 0 Å². The summed E-state index contributed by atoms with van der Waals surface area (Å²) in [6.07, 6.45) is 0.380. The van der Waals surface area contributed by atoms with Gasteiger partial charge in [-0.15, -0.1) is 0 Å². The van der Waals surface area contributed by atoms with Crippen molar-refractivity contribution in [2.24, 2.45) is 0 Å². The Morgan fingerprint density at radius 3 is 2.24 bits per heavy atom. The van der Waals surface area contributed by atoms with Crippen LogP contribution >= 0.6 is 0 Å². The van der Waals surface area contributed by atoms with Crippen molar-refractivity contribution >= 4 is 0 Å². The summed E-state index contributed by atoms with van der Waals surface area (Å²) in [5, 5.41) is 8.78. The number of ether oxygens (including phenoxy) is 1. The quantitative estimate of drug-likeness (QED) is 0.786. The molecule has 0 aliphatic carbocycles. The minimum absolute atomic E-state index is 0.0410. The number of para-hydroxylation sites is 1. The van der Waals surface area contributed by atoms with Crippen LogP contribution in [0.4, 0.5) is 0 Å². The second-order valence-electron chi connectivity index (χ2n) is 5.94.